The minimum atomic E-state index is 0.427. The second-order valence-electron chi connectivity index (χ2n) is 4.56. The first-order chi connectivity index (χ1) is 8.11. The van der Waals surface area contributed by atoms with E-state index in [9.17, 15) is 0 Å². The Kier molecular flexibility index (Phi) is 2.57. The highest BCUT2D eigenvalue weighted by atomic mass is 79.9. The van der Waals surface area contributed by atoms with E-state index in [0.29, 0.717) is 5.92 Å². The number of fused-ring (bicyclic) bond motifs is 3. The molecule has 1 atom stereocenters. The van der Waals surface area contributed by atoms with Crippen LogP contribution < -0.4 is 0 Å². The van der Waals surface area contributed by atoms with E-state index in [2.05, 4.69) is 48.0 Å². The van der Waals surface area contributed by atoms with Gasteiger partial charge in [-0.05, 0) is 41.3 Å². The van der Waals surface area contributed by atoms with E-state index < -0.39 is 0 Å². The second kappa shape index (κ2) is 3.86. The maximum Gasteiger partial charge on any atom is 0.0487 e. The summed E-state index contributed by atoms with van der Waals surface area (Å²) in [6, 6.07) is 10.5. The number of hydrogen-bond donors (Lipinski definition) is 0. The highest BCUT2D eigenvalue weighted by Crippen LogP contribution is 2.49. The zero-order chi connectivity index (χ0) is 12.2. The van der Waals surface area contributed by atoms with Gasteiger partial charge in [-0.25, -0.2) is 0 Å². The van der Waals surface area contributed by atoms with E-state index >= 15 is 0 Å². The molecule has 0 amide bonds. The highest BCUT2D eigenvalue weighted by molar-refractivity contribution is 9.10. The van der Waals surface area contributed by atoms with Crippen molar-refractivity contribution in [2.24, 2.45) is 0 Å². The molecule has 0 N–H and O–H groups in total. The first-order valence-electron chi connectivity index (χ1n) is 5.69. The van der Waals surface area contributed by atoms with Gasteiger partial charge in [0.25, 0.3) is 0 Å². The number of rotatable bonds is 0. The molecule has 2 aromatic carbocycles. The van der Waals surface area contributed by atoms with E-state index in [0.717, 1.165) is 5.02 Å². The van der Waals surface area contributed by atoms with Gasteiger partial charge in [0.05, 0.1) is 0 Å². The minimum Gasteiger partial charge on any atom is -0.0837 e. The van der Waals surface area contributed by atoms with Gasteiger partial charge in [0.2, 0.25) is 0 Å². The van der Waals surface area contributed by atoms with Gasteiger partial charge in [0, 0.05) is 21.0 Å². The lowest BCUT2D eigenvalue weighted by atomic mass is 9.95. The fraction of sp³-hybridized carbons (Fsp3) is 0.200. The molecule has 3 rings (SSSR count). The lowest BCUT2D eigenvalue weighted by molar-refractivity contribution is 0.942. The van der Waals surface area contributed by atoms with Crippen molar-refractivity contribution in [1.82, 2.24) is 0 Å². The van der Waals surface area contributed by atoms with Gasteiger partial charge in [0.1, 0.15) is 0 Å². The van der Waals surface area contributed by atoms with Crippen LogP contribution in [0.1, 0.15) is 29.5 Å². The number of halogens is 2. The first-order valence-corrected chi connectivity index (χ1v) is 6.86. The quantitative estimate of drug-likeness (QED) is 0.599. The van der Waals surface area contributed by atoms with Crippen LogP contribution in [0, 0.1) is 6.92 Å². The topological polar surface area (TPSA) is 0 Å². The van der Waals surface area contributed by atoms with Crippen LogP contribution in [0.2, 0.25) is 5.02 Å². The number of hydrogen-bond acceptors (Lipinski definition) is 0. The summed E-state index contributed by atoms with van der Waals surface area (Å²) in [6.45, 7) is 4.42. The third-order valence-corrected chi connectivity index (χ3v) is 4.84. The molecule has 2 aromatic rings. The first kappa shape index (κ1) is 11.3. The molecule has 86 valence electrons. The maximum absolute atomic E-state index is 6.34. The molecule has 0 aromatic heterocycles. The predicted octanol–water partition coefficient (Wildman–Crippen LogP) is 5.54. The van der Waals surface area contributed by atoms with Crippen molar-refractivity contribution in [3.63, 3.8) is 0 Å². The molecule has 17 heavy (non-hydrogen) atoms. The van der Waals surface area contributed by atoms with Crippen LogP contribution in [0.5, 0.6) is 0 Å². The molecule has 0 saturated heterocycles. The fourth-order valence-corrected chi connectivity index (χ4v) is 3.45. The molecule has 0 heterocycles. The molecular formula is C15H12BrCl. The van der Waals surface area contributed by atoms with E-state index in [1.165, 1.54) is 32.3 Å². The van der Waals surface area contributed by atoms with Crippen LogP contribution in [-0.2, 0) is 0 Å². The third kappa shape index (κ3) is 1.49. The summed E-state index contributed by atoms with van der Waals surface area (Å²) in [4.78, 5) is 0. The van der Waals surface area contributed by atoms with Crippen molar-refractivity contribution in [2.45, 2.75) is 19.8 Å². The molecule has 2 heteroatoms. The summed E-state index contributed by atoms with van der Waals surface area (Å²) in [7, 11) is 0. The van der Waals surface area contributed by atoms with Gasteiger partial charge in [-0.3, -0.25) is 0 Å². The van der Waals surface area contributed by atoms with Crippen molar-refractivity contribution in [2.75, 3.05) is 0 Å². The normalized spacial score (nSPS) is 16.8. The maximum atomic E-state index is 6.34. The predicted molar refractivity (Wildman–Crippen MR) is 76.8 cm³/mol. The molecule has 0 aliphatic heterocycles. The molecule has 0 radical (unpaired) electrons. The molecule has 1 aliphatic rings. The van der Waals surface area contributed by atoms with Crippen molar-refractivity contribution in [1.29, 1.82) is 0 Å². The molecule has 0 nitrogen and oxygen atoms in total. The van der Waals surface area contributed by atoms with Gasteiger partial charge in [-0.2, -0.15) is 0 Å². The Balaban J connectivity index is 2.40. The van der Waals surface area contributed by atoms with Gasteiger partial charge in [-0.15, -0.1) is 0 Å². The van der Waals surface area contributed by atoms with Gasteiger partial charge >= 0.3 is 0 Å². The zero-order valence-electron chi connectivity index (χ0n) is 9.72. The monoisotopic (exact) mass is 306 g/mol. The molecular weight excluding hydrogens is 296 g/mol. The zero-order valence-corrected chi connectivity index (χ0v) is 12.1. The van der Waals surface area contributed by atoms with Crippen molar-refractivity contribution in [3.05, 3.63) is 56.5 Å². The summed E-state index contributed by atoms with van der Waals surface area (Å²) in [6.07, 6.45) is 0. The number of benzene rings is 2. The van der Waals surface area contributed by atoms with Crippen LogP contribution >= 0.6 is 27.5 Å². The van der Waals surface area contributed by atoms with Crippen LogP contribution in [0.15, 0.2) is 34.8 Å². The lowest BCUT2D eigenvalue weighted by Gasteiger charge is -2.11. The summed E-state index contributed by atoms with van der Waals surface area (Å²) in [5.41, 5.74) is 6.57. The third-order valence-electron chi connectivity index (χ3n) is 3.66. The van der Waals surface area contributed by atoms with E-state index in [4.69, 9.17) is 11.6 Å². The summed E-state index contributed by atoms with van der Waals surface area (Å²) in [5, 5.41) is 0.856. The summed E-state index contributed by atoms with van der Waals surface area (Å²) >= 11 is 9.95. The highest BCUT2D eigenvalue weighted by Gasteiger charge is 2.28. The van der Waals surface area contributed by atoms with E-state index in [1.807, 2.05) is 12.1 Å². The standard InChI is InChI=1S/C15H12BrCl/c1-8-10-4-3-5-13(17)15(10)11-6-7-12(16)9(2)14(8)11/h3-8H,1-2H3. The Hall–Kier alpha value is -0.790. The molecule has 1 unspecified atom stereocenters. The average molecular weight is 308 g/mol. The van der Waals surface area contributed by atoms with Crippen molar-refractivity contribution < 1.29 is 0 Å². The summed E-state index contributed by atoms with van der Waals surface area (Å²) in [5.74, 6) is 0.427. The second-order valence-corrected chi connectivity index (χ2v) is 5.82. The molecule has 0 saturated carbocycles. The van der Waals surface area contributed by atoms with Gasteiger partial charge < -0.3 is 0 Å². The Morgan fingerprint density at radius 1 is 1.18 bits per heavy atom. The van der Waals surface area contributed by atoms with E-state index in [-0.39, 0.29) is 0 Å². The van der Waals surface area contributed by atoms with Crippen LogP contribution in [0.3, 0.4) is 0 Å². The molecule has 1 aliphatic carbocycles. The molecule has 0 bridgehead atoms. The van der Waals surface area contributed by atoms with E-state index in [1.54, 1.807) is 0 Å². The van der Waals surface area contributed by atoms with Gasteiger partial charge in [-0.1, -0.05) is 52.7 Å². The van der Waals surface area contributed by atoms with Crippen molar-refractivity contribution >= 4 is 27.5 Å². The van der Waals surface area contributed by atoms with Crippen LogP contribution in [0.25, 0.3) is 11.1 Å². The fourth-order valence-electron chi connectivity index (χ4n) is 2.82. The Bertz CT molecular complexity index is 617. The Labute approximate surface area is 115 Å². The SMILES string of the molecule is Cc1c(Br)ccc2c1C(C)c1cccc(Cl)c1-2. The lowest BCUT2D eigenvalue weighted by Crippen LogP contribution is -1.93. The van der Waals surface area contributed by atoms with Gasteiger partial charge in [0.15, 0.2) is 0 Å². The van der Waals surface area contributed by atoms with Crippen LogP contribution in [-0.4, -0.2) is 0 Å². The Morgan fingerprint density at radius 2 is 1.94 bits per heavy atom. The summed E-state index contributed by atoms with van der Waals surface area (Å²) < 4.78 is 1.17. The minimum absolute atomic E-state index is 0.427. The molecule has 0 fully saturated rings. The smallest absolute Gasteiger partial charge is 0.0487 e. The van der Waals surface area contributed by atoms with Crippen molar-refractivity contribution in [3.8, 4) is 11.1 Å². The molecule has 0 spiro atoms. The van der Waals surface area contributed by atoms with Crippen LogP contribution in [0.4, 0.5) is 0 Å². The Morgan fingerprint density at radius 3 is 2.71 bits per heavy atom. The largest absolute Gasteiger partial charge is 0.0837 e. The average Bonchev–Trinajstić information content (AvgIpc) is 2.60.